The molecule has 5 heteroatoms. The van der Waals surface area contributed by atoms with Crippen LogP contribution in [0.1, 0.15) is 25.7 Å². The molecule has 1 aromatic rings. The van der Waals surface area contributed by atoms with E-state index < -0.39 is 0 Å². The summed E-state index contributed by atoms with van der Waals surface area (Å²) in [6, 6.07) is 2.02. The molecule has 2 heterocycles. The fraction of sp³-hybridized carbons (Fsp3) is 0.667. The molecule has 0 bridgehead atoms. The Balaban J connectivity index is 1.62. The van der Waals surface area contributed by atoms with Crippen LogP contribution in [0, 0.1) is 5.92 Å². The standard InChI is InChI=1S/C12H18ClN3O/c13-11-5-7-15-12(16-11)17-8-2-4-10-3-1-6-14-9-10/h5,7,10,14H,1-4,6,8-9H2/t10-/m0/s1. The highest BCUT2D eigenvalue weighted by molar-refractivity contribution is 6.29. The number of hydrogen-bond donors (Lipinski definition) is 1. The largest absolute Gasteiger partial charge is 0.463 e. The van der Waals surface area contributed by atoms with E-state index in [9.17, 15) is 0 Å². The van der Waals surface area contributed by atoms with Gasteiger partial charge in [-0.15, -0.1) is 0 Å². The summed E-state index contributed by atoms with van der Waals surface area (Å²) >= 11 is 5.74. The summed E-state index contributed by atoms with van der Waals surface area (Å²) in [5.41, 5.74) is 0. The predicted octanol–water partition coefficient (Wildman–Crippen LogP) is 2.29. The van der Waals surface area contributed by atoms with Gasteiger partial charge in [-0.05, 0) is 50.8 Å². The van der Waals surface area contributed by atoms with Crippen LogP contribution >= 0.6 is 11.6 Å². The van der Waals surface area contributed by atoms with Crippen molar-refractivity contribution >= 4 is 11.6 Å². The van der Waals surface area contributed by atoms with E-state index >= 15 is 0 Å². The van der Waals surface area contributed by atoms with Crippen molar-refractivity contribution < 1.29 is 4.74 Å². The molecular formula is C12H18ClN3O. The number of ether oxygens (including phenoxy) is 1. The van der Waals surface area contributed by atoms with Crippen LogP contribution in [0.2, 0.25) is 5.15 Å². The molecule has 0 amide bonds. The van der Waals surface area contributed by atoms with E-state index in [-0.39, 0.29) is 0 Å². The second-order valence-electron chi connectivity index (χ2n) is 4.37. The Labute approximate surface area is 107 Å². The Kier molecular flexibility index (Phi) is 5.01. The van der Waals surface area contributed by atoms with Crippen molar-refractivity contribution in [1.82, 2.24) is 15.3 Å². The molecule has 0 saturated carbocycles. The maximum atomic E-state index is 5.74. The number of halogens is 1. The lowest BCUT2D eigenvalue weighted by Crippen LogP contribution is -2.29. The summed E-state index contributed by atoms with van der Waals surface area (Å²) in [5.74, 6) is 0.799. The normalized spacial score (nSPS) is 20.2. The molecule has 1 fully saturated rings. The molecule has 1 aliphatic rings. The van der Waals surface area contributed by atoms with Gasteiger partial charge >= 0.3 is 6.01 Å². The maximum absolute atomic E-state index is 5.74. The molecule has 1 aromatic heterocycles. The quantitative estimate of drug-likeness (QED) is 0.648. The number of aromatic nitrogens is 2. The summed E-state index contributed by atoms with van der Waals surface area (Å²) in [5, 5.41) is 3.84. The summed E-state index contributed by atoms with van der Waals surface area (Å²) in [7, 11) is 0. The van der Waals surface area contributed by atoms with Crippen LogP contribution in [0.5, 0.6) is 6.01 Å². The first-order valence-corrected chi connectivity index (χ1v) is 6.54. The topological polar surface area (TPSA) is 47.0 Å². The Morgan fingerprint density at radius 2 is 2.47 bits per heavy atom. The number of hydrogen-bond acceptors (Lipinski definition) is 4. The minimum Gasteiger partial charge on any atom is -0.463 e. The molecule has 94 valence electrons. The second-order valence-corrected chi connectivity index (χ2v) is 4.75. The van der Waals surface area contributed by atoms with Crippen LogP contribution in [-0.4, -0.2) is 29.7 Å². The van der Waals surface area contributed by atoms with Crippen LogP contribution in [0.15, 0.2) is 12.3 Å². The molecule has 0 aliphatic carbocycles. The summed E-state index contributed by atoms with van der Waals surface area (Å²) in [6.07, 6.45) is 6.48. The summed E-state index contributed by atoms with van der Waals surface area (Å²) in [6.45, 7) is 2.98. The van der Waals surface area contributed by atoms with Gasteiger partial charge in [-0.2, -0.15) is 4.98 Å². The molecule has 1 atom stereocenters. The van der Waals surface area contributed by atoms with Gasteiger partial charge in [-0.1, -0.05) is 11.6 Å². The molecule has 0 spiro atoms. The molecule has 4 nitrogen and oxygen atoms in total. The monoisotopic (exact) mass is 255 g/mol. The third-order valence-corrected chi connectivity index (χ3v) is 3.20. The molecule has 2 rings (SSSR count). The SMILES string of the molecule is Clc1ccnc(OCCC[C@@H]2CCCNC2)n1. The number of nitrogens with one attached hydrogen (secondary N) is 1. The lowest BCUT2D eigenvalue weighted by atomic mass is 9.95. The van der Waals surface area contributed by atoms with Crippen molar-refractivity contribution in [2.45, 2.75) is 25.7 Å². The fourth-order valence-corrected chi connectivity index (χ4v) is 2.22. The van der Waals surface area contributed by atoms with Crippen molar-refractivity contribution in [2.75, 3.05) is 19.7 Å². The highest BCUT2D eigenvalue weighted by Gasteiger charge is 2.12. The minimum atomic E-state index is 0.374. The molecule has 0 unspecified atom stereocenters. The van der Waals surface area contributed by atoms with E-state index in [1.54, 1.807) is 12.3 Å². The summed E-state index contributed by atoms with van der Waals surface area (Å²) < 4.78 is 5.45. The zero-order chi connectivity index (χ0) is 11.9. The smallest absolute Gasteiger partial charge is 0.317 e. The lowest BCUT2D eigenvalue weighted by Gasteiger charge is -2.22. The van der Waals surface area contributed by atoms with Crippen LogP contribution < -0.4 is 10.1 Å². The van der Waals surface area contributed by atoms with Gasteiger partial charge in [0.1, 0.15) is 5.15 Å². The van der Waals surface area contributed by atoms with E-state index in [2.05, 4.69) is 15.3 Å². The van der Waals surface area contributed by atoms with Gasteiger partial charge in [0.25, 0.3) is 0 Å². The molecule has 1 aliphatic heterocycles. The van der Waals surface area contributed by atoms with Gasteiger partial charge in [0.2, 0.25) is 0 Å². The Morgan fingerprint density at radius 1 is 1.53 bits per heavy atom. The first kappa shape index (κ1) is 12.6. The zero-order valence-electron chi connectivity index (χ0n) is 9.86. The highest BCUT2D eigenvalue weighted by Crippen LogP contribution is 2.16. The van der Waals surface area contributed by atoms with Gasteiger partial charge in [-0.25, -0.2) is 4.98 Å². The summed E-state index contributed by atoms with van der Waals surface area (Å²) in [4.78, 5) is 7.97. The average molecular weight is 256 g/mol. The van der Waals surface area contributed by atoms with Gasteiger partial charge in [0.15, 0.2) is 0 Å². The molecule has 0 aromatic carbocycles. The van der Waals surface area contributed by atoms with Crippen molar-refractivity contribution in [3.05, 3.63) is 17.4 Å². The average Bonchev–Trinajstić information content (AvgIpc) is 2.36. The Hall–Kier alpha value is -0.870. The van der Waals surface area contributed by atoms with Crippen LogP contribution in [-0.2, 0) is 0 Å². The van der Waals surface area contributed by atoms with Crippen LogP contribution in [0.25, 0.3) is 0 Å². The molecule has 1 saturated heterocycles. The van der Waals surface area contributed by atoms with E-state index in [0.29, 0.717) is 17.8 Å². The minimum absolute atomic E-state index is 0.374. The Morgan fingerprint density at radius 3 is 3.24 bits per heavy atom. The Bertz CT molecular complexity index is 342. The molecular weight excluding hydrogens is 238 g/mol. The van der Waals surface area contributed by atoms with Crippen molar-refractivity contribution in [2.24, 2.45) is 5.92 Å². The van der Waals surface area contributed by atoms with Gasteiger partial charge < -0.3 is 10.1 Å². The van der Waals surface area contributed by atoms with Crippen LogP contribution in [0.4, 0.5) is 0 Å². The zero-order valence-corrected chi connectivity index (χ0v) is 10.6. The van der Waals surface area contributed by atoms with Crippen LogP contribution in [0.3, 0.4) is 0 Å². The van der Waals surface area contributed by atoms with Crippen molar-refractivity contribution in [1.29, 1.82) is 0 Å². The maximum Gasteiger partial charge on any atom is 0.317 e. The highest BCUT2D eigenvalue weighted by atomic mass is 35.5. The number of piperidine rings is 1. The molecule has 1 N–H and O–H groups in total. The third kappa shape index (κ3) is 4.48. The van der Waals surface area contributed by atoms with E-state index in [1.807, 2.05) is 0 Å². The predicted molar refractivity (Wildman–Crippen MR) is 67.4 cm³/mol. The van der Waals surface area contributed by atoms with Gasteiger partial charge in [0.05, 0.1) is 6.61 Å². The lowest BCUT2D eigenvalue weighted by molar-refractivity contribution is 0.260. The first-order valence-electron chi connectivity index (χ1n) is 6.16. The van der Waals surface area contributed by atoms with E-state index in [0.717, 1.165) is 18.9 Å². The van der Waals surface area contributed by atoms with Crippen molar-refractivity contribution in [3.8, 4) is 6.01 Å². The number of rotatable bonds is 5. The molecule has 0 radical (unpaired) electrons. The molecule has 17 heavy (non-hydrogen) atoms. The van der Waals surface area contributed by atoms with Crippen molar-refractivity contribution in [3.63, 3.8) is 0 Å². The van der Waals surface area contributed by atoms with Gasteiger partial charge in [0, 0.05) is 6.20 Å². The number of nitrogens with zero attached hydrogens (tertiary/aromatic N) is 2. The van der Waals surface area contributed by atoms with E-state index in [1.165, 1.54) is 25.8 Å². The first-order chi connectivity index (χ1) is 8.34. The fourth-order valence-electron chi connectivity index (χ4n) is 2.10. The van der Waals surface area contributed by atoms with Gasteiger partial charge in [-0.3, -0.25) is 0 Å². The third-order valence-electron chi connectivity index (χ3n) is 2.99. The second kappa shape index (κ2) is 6.77. The van der Waals surface area contributed by atoms with E-state index in [4.69, 9.17) is 16.3 Å².